The molecule has 0 bridgehead atoms. The molecule has 3 N–H and O–H groups in total. The Morgan fingerprint density at radius 2 is 2.00 bits per heavy atom. The second kappa shape index (κ2) is 8.14. The van der Waals surface area contributed by atoms with Gasteiger partial charge in [-0.15, -0.1) is 0 Å². The van der Waals surface area contributed by atoms with E-state index in [1.165, 1.54) is 0 Å². The number of hydrogen-bond acceptors (Lipinski definition) is 5. The van der Waals surface area contributed by atoms with Gasteiger partial charge in [-0.05, 0) is 61.6 Å². The molecule has 1 heterocycles. The molecule has 148 valence electrons. The molecule has 28 heavy (non-hydrogen) atoms. The van der Waals surface area contributed by atoms with Gasteiger partial charge in [-0.3, -0.25) is 5.32 Å². The Bertz CT molecular complexity index is 806. The van der Waals surface area contributed by atoms with Gasteiger partial charge >= 0.3 is 6.03 Å². The zero-order valence-electron chi connectivity index (χ0n) is 15.8. The Labute approximate surface area is 164 Å². The number of aliphatic hydroxyl groups is 1. The van der Waals surface area contributed by atoms with Crippen molar-refractivity contribution < 1.29 is 14.6 Å². The number of ether oxygens (including phenoxy) is 1. The zero-order chi connectivity index (χ0) is 19.4. The van der Waals surface area contributed by atoms with E-state index in [-0.39, 0.29) is 18.7 Å². The van der Waals surface area contributed by atoms with Crippen molar-refractivity contribution in [1.82, 2.24) is 15.3 Å². The summed E-state index contributed by atoms with van der Waals surface area (Å²) < 4.78 is 5.64. The highest BCUT2D eigenvalue weighted by atomic mass is 16.5. The summed E-state index contributed by atoms with van der Waals surface area (Å²) in [7, 11) is 0. The molecular formula is C21H26N4O3. The van der Waals surface area contributed by atoms with E-state index in [9.17, 15) is 9.90 Å². The number of aromatic nitrogens is 2. The predicted octanol–water partition coefficient (Wildman–Crippen LogP) is 3.12. The minimum Gasteiger partial charge on any atom is -0.486 e. The van der Waals surface area contributed by atoms with E-state index < -0.39 is 0 Å². The fraction of sp³-hybridized carbons (Fsp3) is 0.476. The summed E-state index contributed by atoms with van der Waals surface area (Å²) in [5.41, 5.74) is 0.351. The lowest BCUT2D eigenvalue weighted by Crippen LogP contribution is -2.32. The van der Waals surface area contributed by atoms with Gasteiger partial charge in [-0.25, -0.2) is 14.8 Å². The lowest BCUT2D eigenvalue weighted by atomic mass is 9.83. The quantitative estimate of drug-likeness (QED) is 0.713. The van der Waals surface area contributed by atoms with Crippen LogP contribution in [0.5, 0.6) is 5.75 Å². The van der Waals surface area contributed by atoms with Crippen LogP contribution >= 0.6 is 0 Å². The summed E-state index contributed by atoms with van der Waals surface area (Å²) >= 11 is 0. The summed E-state index contributed by atoms with van der Waals surface area (Å²) in [5.74, 6) is 2.22. The van der Waals surface area contributed by atoms with Gasteiger partial charge in [-0.2, -0.15) is 0 Å². The molecule has 0 aliphatic heterocycles. The number of carbonyl (C=O) groups is 1. The van der Waals surface area contributed by atoms with Crippen LogP contribution in [0, 0.1) is 11.3 Å². The number of amides is 2. The average Bonchev–Trinajstić information content (AvgIpc) is 3.40. The monoisotopic (exact) mass is 382 g/mol. The third-order valence-corrected chi connectivity index (χ3v) is 5.88. The van der Waals surface area contributed by atoms with E-state index in [0.717, 1.165) is 37.9 Å². The molecule has 2 fully saturated rings. The van der Waals surface area contributed by atoms with E-state index in [0.29, 0.717) is 29.5 Å². The van der Waals surface area contributed by atoms with Crippen LogP contribution in [0.3, 0.4) is 0 Å². The number of urea groups is 1. The fourth-order valence-corrected chi connectivity index (χ4v) is 4.09. The van der Waals surface area contributed by atoms with Crippen molar-refractivity contribution >= 4 is 11.8 Å². The van der Waals surface area contributed by atoms with Crippen LogP contribution in [-0.2, 0) is 6.61 Å². The van der Waals surface area contributed by atoms with E-state index >= 15 is 0 Å². The number of rotatable bonds is 6. The average molecular weight is 382 g/mol. The summed E-state index contributed by atoms with van der Waals surface area (Å²) in [6.07, 6.45) is 6.53. The summed E-state index contributed by atoms with van der Waals surface area (Å²) in [6, 6.07) is 10.9. The number of hydrogen-bond donors (Lipinski definition) is 3. The highest BCUT2D eigenvalue weighted by molar-refractivity contribution is 5.88. The van der Waals surface area contributed by atoms with E-state index in [2.05, 4.69) is 20.6 Å². The predicted molar refractivity (Wildman–Crippen MR) is 105 cm³/mol. The standard InChI is InChI=1S/C21H26N4O3/c26-16-6-9-21(10-7-16)12-15(21)13-23-20(27)25-18-8-11-22-19(24-18)14-28-17-4-2-1-3-5-17/h1-5,8,11,15-16,26H,6-7,9-10,12-14H2,(H2,22,23,24,25,27). The van der Waals surface area contributed by atoms with Gasteiger partial charge in [0.2, 0.25) is 0 Å². The minimum absolute atomic E-state index is 0.138. The van der Waals surface area contributed by atoms with E-state index in [1.807, 2.05) is 30.3 Å². The molecule has 2 amide bonds. The van der Waals surface area contributed by atoms with Crippen LogP contribution in [-0.4, -0.2) is 33.8 Å². The van der Waals surface area contributed by atoms with Gasteiger partial charge < -0.3 is 15.2 Å². The Morgan fingerprint density at radius 3 is 2.79 bits per heavy atom. The molecule has 1 atom stereocenters. The maximum Gasteiger partial charge on any atom is 0.320 e. The first kappa shape index (κ1) is 18.7. The maximum absolute atomic E-state index is 12.2. The Hall–Kier alpha value is -2.67. The molecule has 1 unspecified atom stereocenters. The highest BCUT2D eigenvalue weighted by Gasteiger charge is 2.54. The second-order valence-electron chi connectivity index (χ2n) is 7.79. The van der Waals surface area contributed by atoms with E-state index in [4.69, 9.17) is 4.74 Å². The Kier molecular flexibility index (Phi) is 5.43. The van der Waals surface area contributed by atoms with Crippen LogP contribution in [0.15, 0.2) is 42.6 Å². The summed E-state index contributed by atoms with van der Waals surface area (Å²) in [5, 5.41) is 15.4. The molecule has 1 aromatic carbocycles. The number of aliphatic hydroxyl groups excluding tert-OH is 1. The van der Waals surface area contributed by atoms with Crippen molar-refractivity contribution in [2.75, 3.05) is 11.9 Å². The molecule has 2 aromatic rings. The number of para-hydroxylation sites is 1. The molecule has 0 saturated heterocycles. The number of anilines is 1. The minimum atomic E-state index is -0.258. The van der Waals surface area contributed by atoms with Crippen molar-refractivity contribution in [3.8, 4) is 5.75 Å². The fourth-order valence-electron chi connectivity index (χ4n) is 4.09. The highest BCUT2D eigenvalue weighted by Crippen LogP contribution is 2.60. The molecule has 1 spiro atoms. The first-order chi connectivity index (χ1) is 13.6. The molecule has 1 aromatic heterocycles. The van der Waals surface area contributed by atoms with Crippen molar-refractivity contribution in [3.63, 3.8) is 0 Å². The Balaban J connectivity index is 1.22. The molecular weight excluding hydrogens is 356 g/mol. The largest absolute Gasteiger partial charge is 0.486 e. The van der Waals surface area contributed by atoms with E-state index in [1.54, 1.807) is 12.3 Å². The second-order valence-corrected chi connectivity index (χ2v) is 7.79. The summed E-state index contributed by atoms with van der Waals surface area (Å²) in [6.45, 7) is 0.897. The lowest BCUT2D eigenvalue weighted by Gasteiger charge is -2.26. The van der Waals surface area contributed by atoms with Gasteiger partial charge in [0.15, 0.2) is 5.82 Å². The van der Waals surface area contributed by atoms with Gasteiger partial charge in [0, 0.05) is 12.7 Å². The van der Waals surface area contributed by atoms with Crippen LogP contribution < -0.4 is 15.4 Å². The smallest absolute Gasteiger partial charge is 0.320 e. The lowest BCUT2D eigenvalue weighted by molar-refractivity contribution is 0.0971. The first-order valence-corrected chi connectivity index (χ1v) is 9.86. The normalized spacial score (nSPS) is 25.9. The van der Waals surface area contributed by atoms with Crippen molar-refractivity contribution in [2.24, 2.45) is 11.3 Å². The van der Waals surface area contributed by atoms with Crippen LogP contribution in [0.4, 0.5) is 10.6 Å². The number of benzene rings is 1. The topological polar surface area (TPSA) is 96.4 Å². The maximum atomic E-state index is 12.2. The third-order valence-electron chi connectivity index (χ3n) is 5.88. The van der Waals surface area contributed by atoms with Crippen LogP contribution in [0.25, 0.3) is 0 Å². The molecule has 2 aliphatic carbocycles. The Morgan fingerprint density at radius 1 is 1.21 bits per heavy atom. The van der Waals surface area contributed by atoms with Crippen molar-refractivity contribution in [3.05, 3.63) is 48.4 Å². The molecule has 7 nitrogen and oxygen atoms in total. The van der Waals surface area contributed by atoms with Crippen molar-refractivity contribution in [1.29, 1.82) is 0 Å². The number of nitrogens with one attached hydrogen (secondary N) is 2. The van der Waals surface area contributed by atoms with Gasteiger partial charge in [0.25, 0.3) is 0 Å². The molecule has 0 radical (unpaired) electrons. The van der Waals surface area contributed by atoms with Crippen LogP contribution in [0.1, 0.15) is 37.9 Å². The van der Waals surface area contributed by atoms with Gasteiger partial charge in [-0.1, -0.05) is 18.2 Å². The number of nitrogens with zero attached hydrogens (tertiary/aromatic N) is 2. The zero-order valence-corrected chi connectivity index (χ0v) is 15.8. The summed E-state index contributed by atoms with van der Waals surface area (Å²) in [4.78, 5) is 20.7. The molecule has 2 saturated carbocycles. The first-order valence-electron chi connectivity index (χ1n) is 9.86. The SMILES string of the molecule is O=C(NCC1CC12CCC(O)CC2)Nc1ccnc(COc2ccccc2)n1. The van der Waals surface area contributed by atoms with Gasteiger partial charge in [0.1, 0.15) is 18.2 Å². The third kappa shape index (κ3) is 4.59. The van der Waals surface area contributed by atoms with Gasteiger partial charge in [0.05, 0.1) is 6.10 Å². The van der Waals surface area contributed by atoms with Crippen LogP contribution in [0.2, 0.25) is 0 Å². The molecule has 2 aliphatic rings. The molecule has 7 heteroatoms. The number of carbonyl (C=O) groups excluding carboxylic acids is 1. The molecule has 4 rings (SSSR count). The van der Waals surface area contributed by atoms with Crippen molar-refractivity contribution in [2.45, 2.75) is 44.8 Å².